The first-order chi connectivity index (χ1) is 11.0. The van der Waals surface area contributed by atoms with Crippen molar-refractivity contribution in [2.45, 2.75) is 20.5 Å². The van der Waals surface area contributed by atoms with Crippen LogP contribution in [0.1, 0.15) is 19.4 Å². The number of benzene rings is 1. The molecule has 0 saturated heterocycles. The number of nitrogens with one attached hydrogen (secondary N) is 2. The first-order valence-electron chi connectivity index (χ1n) is 6.91. The van der Waals surface area contributed by atoms with Gasteiger partial charge in [0.2, 0.25) is 5.91 Å². The molecule has 0 atom stereocenters. The molecule has 6 nitrogen and oxygen atoms in total. The SMILES string of the molecule is CC(C)C(=O)NNc1nc(OCc2ccc(F)cc2)ncc1F. The Labute approximate surface area is 131 Å². The van der Waals surface area contributed by atoms with E-state index in [1.54, 1.807) is 26.0 Å². The fraction of sp³-hybridized carbons (Fsp3) is 0.267. The standard InChI is InChI=1S/C15H16F2N4O2/c1-9(2)14(22)21-20-13-12(17)7-18-15(19-13)23-8-10-3-5-11(16)6-4-10/h3-7,9H,8H2,1-2H3,(H,21,22)(H,18,19,20). The van der Waals surface area contributed by atoms with Crippen LogP contribution in [-0.4, -0.2) is 15.9 Å². The highest BCUT2D eigenvalue weighted by molar-refractivity contribution is 5.78. The highest BCUT2D eigenvalue weighted by Crippen LogP contribution is 2.14. The number of carbonyl (C=O) groups excluding carboxylic acids is 1. The first-order valence-corrected chi connectivity index (χ1v) is 6.91. The minimum Gasteiger partial charge on any atom is -0.459 e. The average molecular weight is 322 g/mol. The van der Waals surface area contributed by atoms with Crippen molar-refractivity contribution in [2.24, 2.45) is 5.92 Å². The number of anilines is 1. The lowest BCUT2D eigenvalue weighted by Crippen LogP contribution is -2.33. The summed E-state index contributed by atoms with van der Waals surface area (Å²) in [6.07, 6.45) is 0.927. The third-order valence-corrected chi connectivity index (χ3v) is 2.83. The Bertz CT molecular complexity index is 678. The van der Waals surface area contributed by atoms with E-state index in [0.717, 1.165) is 6.20 Å². The number of aromatic nitrogens is 2. The summed E-state index contributed by atoms with van der Waals surface area (Å²) in [5.41, 5.74) is 5.43. The maximum absolute atomic E-state index is 13.6. The number of ether oxygens (including phenoxy) is 1. The van der Waals surface area contributed by atoms with Gasteiger partial charge in [-0.05, 0) is 17.7 Å². The normalized spacial score (nSPS) is 10.5. The van der Waals surface area contributed by atoms with Crippen LogP contribution in [0, 0.1) is 17.6 Å². The molecule has 2 aromatic rings. The van der Waals surface area contributed by atoms with Crippen LogP contribution in [0.4, 0.5) is 14.6 Å². The van der Waals surface area contributed by atoms with E-state index in [1.165, 1.54) is 12.1 Å². The van der Waals surface area contributed by atoms with Gasteiger partial charge in [0.05, 0.1) is 6.20 Å². The molecule has 1 aromatic heterocycles. The molecule has 0 radical (unpaired) electrons. The molecule has 2 N–H and O–H groups in total. The summed E-state index contributed by atoms with van der Waals surface area (Å²) in [6, 6.07) is 5.65. The van der Waals surface area contributed by atoms with Crippen LogP contribution in [0.5, 0.6) is 6.01 Å². The minimum absolute atomic E-state index is 0.0722. The van der Waals surface area contributed by atoms with Crippen LogP contribution in [0.15, 0.2) is 30.5 Å². The lowest BCUT2D eigenvalue weighted by Gasteiger charge is -2.11. The fourth-order valence-electron chi connectivity index (χ4n) is 1.50. The maximum Gasteiger partial charge on any atom is 0.318 e. The zero-order valence-corrected chi connectivity index (χ0v) is 12.6. The molecule has 1 heterocycles. The molecule has 0 bridgehead atoms. The third-order valence-electron chi connectivity index (χ3n) is 2.83. The van der Waals surface area contributed by atoms with Crippen LogP contribution < -0.4 is 15.6 Å². The molecule has 1 aromatic carbocycles. The average Bonchev–Trinajstić information content (AvgIpc) is 2.53. The number of nitrogens with zero attached hydrogens (tertiary/aromatic N) is 2. The van der Waals surface area contributed by atoms with Crippen LogP contribution in [-0.2, 0) is 11.4 Å². The monoisotopic (exact) mass is 322 g/mol. The maximum atomic E-state index is 13.6. The fourth-order valence-corrected chi connectivity index (χ4v) is 1.50. The van der Waals surface area contributed by atoms with Crippen molar-refractivity contribution < 1.29 is 18.3 Å². The van der Waals surface area contributed by atoms with Gasteiger partial charge >= 0.3 is 6.01 Å². The summed E-state index contributed by atoms with van der Waals surface area (Å²) < 4.78 is 31.7. The van der Waals surface area contributed by atoms with E-state index in [4.69, 9.17) is 4.74 Å². The summed E-state index contributed by atoms with van der Waals surface area (Å²) >= 11 is 0. The highest BCUT2D eigenvalue weighted by Gasteiger charge is 2.11. The second-order valence-electron chi connectivity index (χ2n) is 5.03. The first kappa shape index (κ1) is 16.6. The largest absolute Gasteiger partial charge is 0.459 e. The van der Waals surface area contributed by atoms with Crippen molar-refractivity contribution >= 4 is 11.7 Å². The van der Waals surface area contributed by atoms with E-state index in [0.29, 0.717) is 5.56 Å². The second-order valence-corrected chi connectivity index (χ2v) is 5.03. The van der Waals surface area contributed by atoms with Crippen LogP contribution in [0.25, 0.3) is 0 Å². The zero-order valence-electron chi connectivity index (χ0n) is 12.6. The summed E-state index contributed by atoms with van der Waals surface area (Å²) in [5, 5.41) is 0. The van der Waals surface area contributed by atoms with Gasteiger partial charge in [0.15, 0.2) is 11.6 Å². The Morgan fingerprint density at radius 2 is 1.96 bits per heavy atom. The van der Waals surface area contributed by atoms with Gasteiger partial charge in [-0.15, -0.1) is 0 Å². The molecule has 0 unspecified atom stereocenters. The Kier molecular flexibility index (Phi) is 5.40. The molecule has 0 aliphatic rings. The Hall–Kier alpha value is -2.77. The molecule has 1 amide bonds. The molecule has 8 heteroatoms. The summed E-state index contributed by atoms with van der Waals surface area (Å²) in [7, 11) is 0. The molecular formula is C15H16F2N4O2. The summed E-state index contributed by atoms with van der Waals surface area (Å²) in [5.74, 6) is -1.86. The van der Waals surface area contributed by atoms with Crippen LogP contribution in [0.3, 0.4) is 0 Å². The highest BCUT2D eigenvalue weighted by atomic mass is 19.1. The van der Waals surface area contributed by atoms with E-state index in [9.17, 15) is 13.6 Å². The zero-order chi connectivity index (χ0) is 16.8. The van der Waals surface area contributed by atoms with Gasteiger partial charge in [-0.2, -0.15) is 4.98 Å². The number of carbonyl (C=O) groups is 1. The predicted octanol–water partition coefficient (Wildman–Crippen LogP) is 2.43. The van der Waals surface area contributed by atoms with Crippen molar-refractivity contribution in [2.75, 3.05) is 5.43 Å². The Balaban J connectivity index is 1.98. The van der Waals surface area contributed by atoms with Crippen LogP contribution in [0.2, 0.25) is 0 Å². The molecule has 0 saturated carbocycles. The third kappa shape index (κ3) is 4.87. The van der Waals surface area contributed by atoms with E-state index in [1.807, 2.05) is 0 Å². The van der Waals surface area contributed by atoms with Gasteiger partial charge in [-0.3, -0.25) is 15.6 Å². The van der Waals surface area contributed by atoms with Crippen LogP contribution >= 0.6 is 0 Å². The summed E-state index contributed by atoms with van der Waals surface area (Å²) in [4.78, 5) is 19.0. The van der Waals surface area contributed by atoms with Gasteiger partial charge in [-0.1, -0.05) is 26.0 Å². The number of hydrogen-bond acceptors (Lipinski definition) is 5. The topological polar surface area (TPSA) is 76.1 Å². The Morgan fingerprint density at radius 1 is 1.26 bits per heavy atom. The smallest absolute Gasteiger partial charge is 0.318 e. The number of amides is 1. The lowest BCUT2D eigenvalue weighted by molar-refractivity contribution is -0.123. The van der Waals surface area contributed by atoms with Crippen molar-refractivity contribution in [3.63, 3.8) is 0 Å². The molecule has 122 valence electrons. The number of hydrazine groups is 1. The van der Waals surface area contributed by atoms with E-state index >= 15 is 0 Å². The number of rotatable bonds is 6. The number of halogens is 2. The van der Waals surface area contributed by atoms with Gasteiger partial charge in [0, 0.05) is 5.92 Å². The molecule has 0 fully saturated rings. The molecular weight excluding hydrogens is 306 g/mol. The van der Waals surface area contributed by atoms with Crippen molar-refractivity contribution in [1.29, 1.82) is 0 Å². The molecule has 0 spiro atoms. The van der Waals surface area contributed by atoms with Gasteiger partial charge < -0.3 is 4.74 Å². The molecule has 23 heavy (non-hydrogen) atoms. The van der Waals surface area contributed by atoms with Crippen molar-refractivity contribution in [1.82, 2.24) is 15.4 Å². The van der Waals surface area contributed by atoms with Gasteiger partial charge in [-0.25, -0.2) is 13.8 Å². The van der Waals surface area contributed by atoms with E-state index < -0.39 is 5.82 Å². The summed E-state index contributed by atoms with van der Waals surface area (Å²) in [6.45, 7) is 3.50. The predicted molar refractivity (Wildman–Crippen MR) is 79.3 cm³/mol. The Morgan fingerprint density at radius 3 is 2.61 bits per heavy atom. The van der Waals surface area contributed by atoms with Gasteiger partial charge in [0.1, 0.15) is 12.4 Å². The molecule has 0 aliphatic heterocycles. The quantitative estimate of drug-likeness (QED) is 0.799. The molecule has 0 aliphatic carbocycles. The lowest BCUT2D eigenvalue weighted by atomic mass is 10.2. The number of hydrogen-bond donors (Lipinski definition) is 2. The van der Waals surface area contributed by atoms with Gasteiger partial charge in [0.25, 0.3) is 0 Å². The second kappa shape index (κ2) is 7.48. The minimum atomic E-state index is -0.733. The molecule has 2 rings (SSSR count). The van der Waals surface area contributed by atoms with Crippen molar-refractivity contribution in [3.05, 3.63) is 47.7 Å². The van der Waals surface area contributed by atoms with Crippen molar-refractivity contribution in [3.8, 4) is 6.01 Å². The van der Waals surface area contributed by atoms with E-state index in [-0.39, 0.29) is 36.1 Å². The van der Waals surface area contributed by atoms with E-state index in [2.05, 4.69) is 20.8 Å².